The van der Waals surface area contributed by atoms with Gasteiger partial charge in [-0.25, -0.2) is 0 Å². The standard InChI is InChI=1S/C24H28N2O2/c27-23(20-11-12-20)25-16-14-21(15-17-25)24(28)26(22-9-5-2-6-10-22)18-13-19-7-3-1-4-8-19/h1-10,20-21H,11-18H2. The van der Waals surface area contributed by atoms with Gasteiger partial charge in [0.15, 0.2) is 0 Å². The maximum absolute atomic E-state index is 13.4. The van der Waals surface area contributed by atoms with Gasteiger partial charge in [-0.2, -0.15) is 0 Å². The number of piperidine rings is 1. The number of nitrogens with zero attached hydrogens (tertiary/aromatic N) is 2. The van der Waals surface area contributed by atoms with E-state index >= 15 is 0 Å². The SMILES string of the molecule is O=C(C1CC1)N1CCC(C(=O)N(CCc2ccccc2)c2ccccc2)CC1. The zero-order valence-electron chi connectivity index (χ0n) is 16.3. The van der Waals surface area contributed by atoms with Gasteiger partial charge in [0.1, 0.15) is 0 Å². The van der Waals surface area contributed by atoms with Crippen LogP contribution in [-0.4, -0.2) is 36.3 Å². The first-order valence-electron chi connectivity index (χ1n) is 10.4. The molecule has 1 saturated carbocycles. The molecule has 2 aliphatic rings. The summed E-state index contributed by atoms with van der Waals surface area (Å²) in [6, 6.07) is 20.3. The van der Waals surface area contributed by atoms with E-state index in [2.05, 4.69) is 12.1 Å². The molecule has 1 saturated heterocycles. The molecular formula is C24H28N2O2. The highest BCUT2D eigenvalue weighted by Gasteiger charge is 2.36. The molecule has 0 aromatic heterocycles. The predicted octanol–water partition coefficient (Wildman–Crippen LogP) is 3.91. The van der Waals surface area contributed by atoms with Gasteiger partial charge in [-0.15, -0.1) is 0 Å². The molecule has 1 aliphatic carbocycles. The van der Waals surface area contributed by atoms with Crippen molar-refractivity contribution in [3.05, 3.63) is 66.2 Å². The van der Waals surface area contributed by atoms with Gasteiger partial charge >= 0.3 is 0 Å². The normalized spacial score (nSPS) is 17.4. The van der Waals surface area contributed by atoms with E-state index in [4.69, 9.17) is 0 Å². The first-order valence-corrected chi connectivity index (χ1v) is 10.4. The van der Waals surface area contributed by atoms with Crippen LogP contribution in [0.4, 0.5) is 5.69 Å². The molecule has 146 valence electrons. The Bertz CT molecular complexity index is 794. The Hall–Kier alpha value is -2.62. The third-order valence-corrected chi connectivity index (χ3v) is 5.88. The number of anilines is 1. The van der Waals surface area contributed by atoms with Crippen LogP contribution in [0.2, 0.25) is 0 Å². The summed E-state index contributed by atoms with van der Waals surface area (Å²) < 4.78 is 0. The molecule has 4 nitrogen and oxygen atoms in total. The number of carbonyl (C=O) groups excluding carboxylic acids is 2. The minimum absolute atomic E-state index is 0.000711. The predicted molar refractivity (Wildman–Crippen MR) is 111 cm³/mol. The van der Waals surface area contributed by atoms with E-state index in [-0.39, 0.29) is 17.7 Å². The van der Waals surface area contributed by atoms with Crippen LogP contribution in [0.15, 0.2) is 60.7 Å². The molecule has 28 heavy (non-hydrogen) atoms. The molecule has 0 spiro atoms. The molecule has 0 unspecified atom stereocenters. The molecule has 0 bridgehead atoms. The average molecular weight is 377 g/mol. The fourth-order valence-electron chi connectivity index (χ4n) is 4.02. The van der Waals surface area contributed by atoms with Crippen LogP contribution in [0.3, 0.4) is 0 Å². The van der Waals surface area contributed by atoms with Gasteiger partial charge in [0.2, 0.25) is 11.8 Å². The molecule has 2 aromatic carbocycles. The highest BCUT2D eigenvalue weighted by Crippen LogP contribution is 2.33. The summed E-state index contributed by atoms with van der Waals surface area (Å²) in [6.07, 6.45) is 4.45. The monoisotopic (exact) mass is 376 g/mol. The first kappa shape index (κ1) is 18.7. The van der Waals surface area contributed by atoms with E-state index in [0.717, 1.165) is 37.8 Å². The Kier molecular flexibility index (Phi) is 5.75. The van der Waals surface area contributed by atoms with Crippen LogP contribution < -0.4 is 4.90 Å². The number of hydrogen-bond donors (Lipinski definition) is 0. The van der Waals surface area contributed by atoms with Crippen LogP contribution >= 0.6 is 0 Å². The Labute approximate surface area is 167 Å². The van der Waals surface area contributed by atoms with E-state index in [1.165, 1.54) is 5.56 Å². The Morgan fingerprint density at radius 2 is 1.43 bits per heavy atom. The molecule has 2 fully saturated rings. The summed E-state index contributed by atoms with van der Waals surface area (Å²) in [5.41, 5.74) is 2.20. The van der Waals surface area contributed by atoms with E-state index in [1.54, 1.807) is 0 Å². The zero-order valence-corrected chi connectivity index (χ0v) is 16.3. The topological polar surface area (TPSA) is 40.6 Å². The van der Waals surface area contributed by atoms with Gasteiger partial charge in [0.25, 0.3) is 0 Å². The molecule has 4 heteroatoms. The average Bonchev–Trinajstić information content (AvgIpc) is 3.60. The number of hydrogen-bond acceptors (Lipinski definition) is 2. The summed E-state index contributed by atoms with van der Waals surface area (Å²) in [7, 11) is 0. The minimum atomic E-state index is -0.000711. The maximum atomic E-state index is 13.4. The summed E-state index contributed by atoms with van der Waals surface area (Å²) in [5.74, 6) is 0.758. The molecule has 2 aromatic rings. The fourth-order valence-corrected chi connectivity index (χ4v) is 4.02. The summed E-state index contributed by atoms with van der Waals surface area (Å²) >= 11 is 0. The van der Waals surface area contributed by atoms with Crippen LogP contribution in [0.25, 0.3) is 0 Å². The quantitative estimate of drug-likeness (QED) is 0.767. The molecule has 0 atom stereocenters. The van der Waals surface area contributed by atoms with Crippen molar-refractivity contribution in [1.82, 2.24) is 4.90 Å². The molecule has 1 heterocycles. The van der Waals surface area contributed by atoms with Gasteiger partial charge in [0.05, 0.1) is 0 Å². The largest absolute Gasteiger partial charge is 0.342 e. The van der Waals surface area contributed by atoms with Gasteiger partial charge in [-0.3, -0.25) is 9.59 Å². The highest BCUT2D eigenvalue weighted by atomic mass is 16.2. The lowest BCUT2D eigenvalue weighted by molar-refractivity contribution is -0.136. The van der Waals surface area contributed by atoms with Crippen molar-refractivity contribution in [2.24, 2.45) is 11.8 Å². The van der Waals surface area contributed by atoms with Gasteiger partial charge < -0.3 is 9.80 Å². The van der Waals surface area contributed by atoms with Crippen molar-refractivity contribution in [3.63, 3.8) is 0 Å². The lowest BCUT2D eigenvalue weighted by atomic mass is 9.94. The zero-order chi connectivity index (χ0) is 19.3. The third-order valence-electron chi connectivity index (χ3n) is 5.88. The van der Waals surface area contributed by atoms with Crippen LogP contribution in [0, 0.1) is 11.8 Å². The smallest absolute Gasteiger partial charge is 0.230 e. The van der Waals surface area contributed by atoms with Gasteiger partial charge in [0, 0.05) is 37.2 Å². The Balaban J connectivity index is 1.42. The number of rotatable bonds is 6. The molecule has 0 N–H and O–H groups in total. The van der Waals surface area contributed by atoms with Gasteiger partial charge in [-0.1, -0.05) is 48.5 Å². The Morgan fingerprint density at radius 1 is 0.821 bits per heavy atom. The number of amides is 2. The second kappa shape index (κ2) is 8.59. The molecule has 4 rings (SSSR count). The van der Waals surface area contributed by atoms with Crippen LogP contribution in [0.5, 0.6) is 0 Å². The first-order chi connectivity index (χ1) is 13.7. The summed E-state index contributed by atoms with van der Waals surface area (Å²) in [6.45, 7) is 2.11. The van der Waals surface area contributed by atoms with E-state index in [0.29, 0.717) is 25.5 Å². The van der Waals surface area contributed by atoms with Crippen LogP contribution in [-0.2, 0) is 16.0 Å². The second-order valence-electron chi connectivity index (χ2n) is 7.93. The number of para-hydroxylation sites is 1. The van der Waals surface area contributed by atoms with Crippen molar-refractivity contribution in [1.29, 1.82) is 0 Å². The van der Waals surface area contributed by atoms with Crippen LogP contribution in [0.1, 0.15) is 31.2 Å². The van der Waals surface area contributed by atoms with Crippen molar-refractivity contribution in [2.45, 2.75) is 32.1 Å². The maximum Gasteiger partial charge on any atom is 0.230 e. The Morgan fingerprint density at radius 3 is 2.04 bits per heavy atom. The van der Waals surface area contributed by atoms with Crippen molar-refractivity contribution in [3.8, 4) is 0 Å². The highest BCUT2D eigenvalue weighted by molar-refractivity contribution is 5.95. The van der Waals surface area contributed by atoms with E-state index in [1.807, 2.05) is 58.3 Å². The molecule has 0 radical (unpaired) electrons. The second-order valence-corrected chi connectivity index (χ2v) is 7.93. The van der Waals surface area contributed by atoms with Crippen molar-refractivity contribution >= 4 is 17.5 Å². The lowest BCUT2D eigenvalue weighted by Crippen LogP contribution is -2.45. The van der Waals surface area contributed by atoms with E-state index in [9.17, 15) is 9.59 Å². The molecular weight excluding hydrogens is 348 g/mol. The van der Waals surface area contributed by atoms with E-state index < -0.39 is 0 Å². The number of benzene rings is 2. The number of carbonyl (C=O) groups is 2. The lowest BCUT2D eigenvalue weighted by Gasteiger charge is -2.34. The summed E-state index contributed by atoms with van der Waals surface area (Å²) in [5, 5.41) is 0. The van der Waals surface area contributed by atoms with Gasteiger partial charge in [-0.05, 0) is 49.8 Å². The minimum Gasteiger partial charge on any atom is -0.342 e. The number of likely N-dealkylation sites (tertiary alicyclic amines) is 1. The summed E-state index contributed by atoms with van der Waals surface area (Å²) in [4.78, 5) is 29.6. The molecule has 1 aliphatic heterocycles. The fraction of sp³-hybridized carbons (Fsp3) is 0.417. The third kappa shape index (κ3) is 4.44. The molecule has 2 amide bonds. The van der Waals surface area contributed by atoms with Crippen molar-refractivity contribution < 1.29 is 9.59 Å². The van der Waals surface area contributed by atoms with Crippen molar-refractivity contribution in [2.75, 3.05) is 24.5 Å².